The van der Waals surface area contributed by atoms with Crippen LogP contribution in [0.2, 0.25) is 0 Å². The Morgan fingerprint density at radius 2 is 0.889 bits per heavy atom. The maximum atomic E-state index is 11.4. The first-order valence-electron chi connectivity index (χ1n) is 11.1. The number of unbranched alkanes of at least 4 members (excludes halogenated alkanes) is 14. The molecule has 0 saturated heterocycles. The smallest absolute Gasteiger partial charge is 0.299 e. The fourth-order valence-electron chi connectivity index (χ4n) is 2.78. The molecule has 0 aromatic heterocycles. The fourth-order valence-corrected chi connectivity index (χ4v) is 3.22. The molecule has 7 heteroatoms. The molecule has 0 aromatic rings. The van der Waals surface area contributed by atoms with Crippen LogP contribution in [0.25, 0.3) is 0 Å². The van der Waals surface area contributed by atoms with E-state index < -0.39 is 7.82 Å². The third-order valence-corrected chi connectivity index (χ3v) is 5.04. The first-order chi connectivity index (χ1) is 13.1. The first-order valence-corrected chi connectivity index (χ1v) is 12.6. The van der Waals surface area contributed by atoms with Crippen LogP contribution >= 0.6 is 7.82 Å². The fraction of sp³-hybridized carbons (Fsp3) is 1.00. The van der Waals surface area contributed by atoms with Crippen molar-refractivity contribution in [2.24, 2.45) is 0 Å². The van der Waals surface area contributed by atoms with Crippen LogP contribution in [0.4, 0.5) is 0 Å². The van der Waals surface area contributed by atoms with E-state index in [0.29, 0.717) is 0 Å². The molecule has 1 unspecified atom stereocenters. The lowest BCUT2D eigenvalue weighted by Gasteiger charge is -2.09. The van der Waals surface area contributed by atoms with E-state index in [4.69, 9.17) is 4.89 Å². The molecule has 6 nitrogen and oxygen atoms in total. The van der Waals surface area contributed by atoms with Gasteiger partial charge in [0.1, 0.15) is 0 Å². The van der Waals surface area contributed by atoms with Crippen LogP contribution in [0.1, 0.15) is 117 Å². The maximum Gasteiger partial charge on any atom is 0.526 e. The molecule has 0 aliphatic heterocycles. The van der Waals surface area contributed by atoms with Gasteiger partial charge >= 0.3 is 7.82 Å². The summed E-state index contributed by atoms with van der Waals surface area (Å²) < 4.78 is 20.1. The molecule has 27 heavy (non-hydrogen) atoms. The van der Waals surface area contributed by atoms with Crippen molar-refractivity contribution in [2.75, 3.05) is 13.2 Å². The van der Waals surface area contributed by atoms with Crippen molar-refractivity contribution in [2.45, 2.75) is 117 Å². The van der Waals surface area contributed by atoms with Gasteiger partial charge in [0.2, 0.25) is 0 Å². The van der Waals surface area contributed by atoms with Crippen LogP contribution < -0.4 is 0 Å². The molecule has 0 aliphatic rings. The van der Waals surface area contributed by atoms with Gasteiger partial charge in [-0.15, -0.1) is 9.35 Å². The lowest BCUT2D eigenvalue weighted by Crippen LogP contribution is -2.00. The second-order valence-electron chi connectivity index (χ2n) is 7.21. The zero-order chi connectivity index (χ0) is 20.1. The van der Waals surface area contributed by atoms with E-state index >= 15 is 0 Å². The lowest BCUT2D eigenvalue weighted by molar-refractivity contribution is -0.279. The zero-order valence-corrected chi connectivity index (χ0v) is 18.6. The van der Waals surface area contributed by atoms with Gasteiger partial charge in [-0.1, -0.05) is 104 Å². The summed E-state index contributed by atoms with van der Waals surface area (Å²) in [6.45, 7) is 4.77. The molecule has 0 aromatic carbocycles. The van der Waals surface area contributed by atoms with Crippen molar-refractivity contribution < 1.29 is 28.6 Å². The van der Waals surface area contributed by atoms with Gasteiger partial charge in [0, 0.05) is 0 Å². The van der Waals surface area contributed by atoms with E-state index in [0.717, 1.165) is 32.1 Å². The molecule has 0 rings (SSSR count). The highest BCUT2D eigenvalue weighted by Gasteiger charge is 2.24. The minimum Gasteiger partial charge on any atom is -0.299 e. The summed E-state index contributed by atoms with van der Waals surface area (Å²) in [5.41, 5.74) is 0. The van der Waals surface area contributed by atoms with Gasteiger partial charge in [-0.3, -0.25) is 4.89 Å². The van der Waals surface area contributed by atoms with Crippen LogP contribution in [0.5, 0.6) is 0 Å². The van der Waals surface area contributed by atoms with E-state index in [2.05, 4.69) is 21.2 Å². The Morgan fingerprint density at radius 1 is 0.556 bits per heavy atom. The molecule has 0 heterocycles. The van der Waals surface area contributed by atoms with E-state index in [1.54, 1.807) is 0 Å². The summed E-state index contributed by atoms with van der Waals surface area (Å²) in [7, 11) is -4.27. The molecule has 0 radical (unpaired) electrons. The normalized spacial score (nSPS) is 13.7. The SMILES string of the molecule is CCCCCCCCCCCCCCCCOOP(=O)(O)OOCCCC. The second-order valence-corrected chi connectivity index (χ2v) is 8.45. The summed E-state index contributed by atoms with van der Waals surface area (Å²) in [4.78, 5) is 18.6. The highest BCUT2D eigenvalue weighted by atomic mass is 31.2. The van der Waals surface area contributed by atoms with E-state index in [9.17, 15) is 9.46 Å². The van der Waals surface area contributed by atoms with Gasteiger partial charge in [0.25, 0.3) is 0 Å². The highest BCUT2D eigenvalue weighted by Crippen LogP contribution is 2.43. The Labute approximate surface area is 166 Å². The van der Waals surface area contributed by atoms with Gasteiger partial charge in [-0.05, 0) is 12.8 Å². The molecule has 0 aliphatic carbocycles. The number of rotatable bonds is 22. The van der Waals surface area contributed by atoms with Crippen molar-refractivity contribution in [3.05, 3.63) is 0 Å². The third-order valence-electron chi connectivity index (χ3n) is 4.46. The maximum absolute atomic E-state index is 11.4. The van der Waals surface area contributed by atoms with E-state index in [-0.39, 0.29) is 13.2 Å². The summed E-state index contributed by atoms with van der Waals surface area (Å²) in [6, 6.07) is 0. The van der Waals surface area contributed by atoms with Crippen molar-refractivity contribution in [1.82, 2.24) is 0 Å². The Bertz CT molecular complexity index is 340. The molecule has 0 saturated carbocycles. The van der Waals surface area contributed by atoms with Crippen molar-refractivity contribution in [3.63, 3.8) is 0 Å². The van der Waals surface area contributed by atoms with E-state index in [1.807, 2.05) is 6.92 Å². The minimum absolute atomic E-state index is 0.253. The quantitative estimate of drug-likeness (QED) is 0.0876. The lowest BCUT2D eigenvalue weighted by atomic mass is 10.0. The highest BCUT2D eigenvalue weighted by molar-refractivity contribution is 7.47. The van der Waals surface area contributed by atoms with Crippen LogP contribution in [0.3, 0.4) is 0 Å². The molecule has 0 amide bonds. The van der Waals surface area contributed by atoms with Crippen molar-refractivity contribution in [1.29, 1.82) is 0 Å². The third kappa shape index (κ3) is 22.2. The predicted molar refractivity (Wildman–Crippen MR) is 109 cm³/mol. The van der Waals surface area contributed by atoms with Gasteiger partial charge in [0.05, 0.1) is 13.2 Å². The average Bonchev–Trinajstić information content (AvgIpc) is 2.65. The van der Waals surface area contributed by atoms with Crippen LogP contribution in [0, 0.1) is 0 Å². The standard InChI is InChI=1S/C20H43O6P/c1-3-5-7-8-9-10-11-12-13-14-15-16-17-18-20-24-26-27(21,22)25-23-19-6-4-2/h3-20H2,1-2H3,(H,21,22). The Kier molecular flexibility index (Phi) is 20.8. The molecule has 0 fully saturated rings. The average molecular weight is 411 g/mol. The van der Waals surface area contributed by atoms with Gasteiger partial charge in [-0.2, -0.15) is 0 Å². The summed E-state index contributed by atoms with van der Waals surface area (Å²) in [5.74, 6) is 0. The predicted octanol–water partition coefficient (Wildman–Crippen LogP) is 7.26. The van der Waals surface area contributed by atoms with Gasteiger partial charge in [-0.25, -0.2) is 14.3 Å². The summed E-state index contributed by atoms with van der Waals surface area (Å²) in [6.07, 6.45) is 19.6. The summed E-state index contributed by atoms with van der Waals surface area (Å²) in [5, 5.41) is 0. The molecule has 0 bridgehead atoms. The van der Waals surface area contributed by atoms with Gasteiger partial charge < -0.3 is 0 Å². The van der Waals surface area contributed by atoms with Crippen LogP contribution in [-0.4, -0.2) is 18.1 Å². The molecule has 164 valence electrons. The van der Waals surface area contributed by atoms with Crippen LogP contribution in [-0.2, 0) is 23.7 Å². The number of phosphoric acid groups is 1. The van der Waals surface area contributed by atoms with Crippen molar-refractivity contribution >= 4 is 7.82 Å². The zero-order valence-electron chi connectivity index (χ0n) is 17.7. The molecule has 0 spiro atoms. The Morgan fingerprint density at radius 3 is 1.30 bits per heavy atom. The molecule has 1 N–H and O–H groups in total. The monoisotopic (exact) mass is 410 g/mol. The Hall–Kier alpha value is 0.0300. The topological polar surface area (TPSA) is 74.2 Å². The number of hydrogen-bond acceptors (Lipinski definition) is 5. The second kappa shape index (κ2) is 20.8. The minimum atomic E-state index is -4.27. The van der Waals surface area contributed by atoms with Crippen molar-refractivity contribution in [3.8, 4) is 0 Å². The Balaban J connectivity index is 3.21. The summed E-state index contributed by atoms with van der Waals surface area (Å²) >= 11 is 0. The molecular weight excluding hydrogens is 367 g/mol. The van der Waals surface area contributed by atoms with E-state index in [1.165, 1.54) is 70.6 Å². The first kappa shape index (κ1) is 27.0. The van der Waals surface area contributed by atoms with Gasteiger partial charge in [0.15, 0.2) is 0 Å². The van der Waals surface area contributed by atoms with Crippen LogP contribution in [0.15, 0.2) is 0 Å². The largest absolute Gasteiger partial charge is 0.526 e. The molecule has 1 atom stereocenters. The number of hydrogen-bond donors (Lipinski definition) is 1. The molecular formula is C20H43O6P.